The van der Waals surface area contributed by atoms with E-state index in [-0.39, 0.29) is 18.0 Å². The largest absolute Gasteiger partial charge is 0.281 e. The number of hydrogen-bond acceptors (Lipinski definition) is 2. The molecule has 0 aliphatic heterocycles. The van der Waals surface area contributed by atoms with Gasteiger partial charge in [-0.1, -0.05) is 0 Å². The Morgan fingerprint density at radius 1 is 1.27 bits per heavy atom. The van der Waals surface area contributed by atoms with Gasteiger partial charge in [0.2, 0.25) is 10.0 Å². The van der Waals surface area contributed by atoms with Crippen molar-refractivity contribution < 1.29 is 17.2 Å². The lowest BCUT2D eigenvalue weighted by Crippen LogP contribution is -2.11. The summed E-state index contributed by atoms with van der Waals surface area (Å²) in [6.07, 6.45) is 0.850. The lowest BCUT2D eigenvalue weighted by Gasteiger charge is -2.06. The number of hydrogen-bond donors (Lipinski definition) is 1. The summed E-state index contributed by atoms with van der Waals surface area (Å²) in [7, 11) is -3.61. The maximum absolute atomic E-state index is 13.0. The molecule has 85 valence electrons. The molecule has 0 aromatic heterocycles. The van der Waals surface area contributed by atoms with Gasteiger partial charge in [0.25, 0.3) is 0 Å². The van der Waals surface area contributed by atoms with Crippen molar-refractivity contribution in [3.05, 3.63) is 36.3 Å². The van der Waals surface area contributed by atoms with E-state index >= 15 is 0 Å². The van der Waals surface area contributed by atoms with Gasteiger partial charge in [-0.2, -0.15) is 0 Å². The Labute approximate surface area is 93.0 Å². The number of nitrogens with one attached hydrogen (secondary N) is 1. The molecule has 7 heteroatoms. The molecule has 1 N–H and O–H groups in total. The summed E-state index contributed by atoms with van der Waals surface area (Å²) >= 11 is 0. The molecule has 1 radical (unpaired) electrons. The van der Waals surface area contributed by atoms with Gasteiger partial charge < -0.3 is 0 Å². The molecule has 0 saturated carbocycles. The minimum absolute atomic E-state index is 0. The van der Waals surface area contributed by atoms with Crippen LogP contribution in [0.25, 0.3) is 0 Å². The maximum Gasteiger partial charge on any atom is 0.229 e. The summed E-state index contributed by atoms with van der Waals surface area (Å²) in [5.74, 6) is -1.63. The van der Waals surface area contributed by atoms with E-state index in [1.807, 2.05) is 4.72 Å². The van der Waals surface area contributed by atoms with Crippen LogP contribution in [0.5, 0.6) is 0 Å². The third-order valence-electron chi connectivity index (χ3n) is 1.43. The second-order valence-corrected chi connectivity index (χ2v) is 4.55. The van der Waals surface area contributed by atoms with E-state index < -0.39 is 27.3 Å². The van der Waals surface area contributed by atoms with Crippen molar-refractivity contribution in [1.82, 2.24) is 0 Å². The van der Waals surface area contributed by atoms with E-state index in [9.17, 15) is 17.2 Å². The number of anilines is 1. The highest BCUT2D eigenvalue weighted by molar-refractivity contribution is 7.92. The van der Waals surface area contributed by atoms with Crippen LogP contribution in [0.3, 0.4) is 0 Å². The molecule has 3 nitrogen and oxygen atoms in total. The first-order valence-electron chi connectivity index (χ1n) is 3.58. The van der Waals surface area contributed by atoms with Crippen LogP contribution in [0.4, 0.5) is 14.5 Å². The first-order chi connectivity index (χ1) is 6.29. The SMILES string of the molecule is Cl.[CH2]c1cc(F)c(NS(C)(=O)=O)cc1F. The van der Waals surface area contributed by atoms with Gasteiger partial charge >= 0.3 is 0 Å². The summed E-state index contributed by atoms with van der Waals surface area (Å²) in [4.78, 5) is 0. The van der Waals surface area contributed by atoms with Gasteiger partial charge in [0.05, 0.1) is 11.9 Å². The number of benzene rings is 1. The van der Waals surface area contributed by atoms with E-state index in [0.717, 1.165) is 18.4 Å². The fraction of sp³-hybridized carbons (Fsp3) is 0.125. The van der Waals surface area contributed by atoms with Crippen LogP contribution in [0.1, 0.15) is 5.56 Å². The topological polar surface area (TPSA) is 46.2 Å². The molecule has 0 aliphatic carbocycles. The first-order valence-corrected chi connectivity index (χ1v) is 5.47. The average molecular weight is 257 g/mol. The van der Waals surface area contributed by atoms with Crippen LogP contribution < -0.4 is 4.72 Å². The van der Waals surface area contributed by atoms with E-state index in [0.29, 0.717) is 0 Å². The summed E-state index contributed by atoms with van der Waals surface area (Å²) in [6, 6.07) is 1.57. The molecular weight excluding hydrogens is 248 g/mol. The van der Waals surface area contributed by atoms with Crippen LogP contribution in [-0.4, -0.2) is 14.7 Å². The van der Waals surface area contributed by atoms with Crippen molar-refractivity contribution in [2.45, 2.75) is 0 Å². The molecule has 0 aliphatic rings. The second-order valence-electron chi connectivity index (χ2n) is 2.80. The van der Waals surface area contributed by atoms with Crippen LogP contribution >= 0.6 is 12.4 Å². The van der Waals surface area contributed by atoms with Gasteiger partial charge in [-0.05, 0) is 18.6 Å². The molecule has 0 heterocycles. The Morgan fingerprint density at radius 3 is 2.27 bits per heavy atom. The minimum Gasteiger partial charge on any atom is -0.281 e. The van der Waals surface area contributed by atoms with Gasteiger partial charge in [0.15, 0.2) is 0 Å². The van der Waals surface area contributed by atoms with Crippen molar-refractivity contribution in [2.24, 2.45) is 0 Å². The molecule has 0 spiro atoms. The van der Waals surface area contributed by atoms with Crippen molar-refractivity contribution in [2.75, 3.05) is 11.0 Å². The zero-order chi connectivity index (χ0) is 10.9. The Bertz CT molecular complexity index is 462. The summed E-state index contributed by atoms with van der Waals surface area (Å²) in [5, 5.41) is 0. The lowest BCUT2D eigenvalue weighted by atomic mass is 10.2. The van der Waals surface area contributed by atoms with Crippen LogP contribution in [0.15, 0.2) is 12.1 Å². The van der Waals surface area contributed by atoms with E-state index in [1.165, 1.54) is 0 Å². The zero-order valence-corrected chi connectivity index (χ0v) is 9.38. The summed E-state index contributed by atoms with van der Waals surface area (Å²) in [6.45, 7) is 3.23. The minimum atomic E-state index is -3.61. The lowest BCUT2D eigenvalue weighted by molar-refractivity contribution is 0.595. The monoisotopic (exact) mass is 256 g/mol. The molecule has 15 heavy (non-hydrogen) atoms. The van der Waals surface area contributed by atoms with Crippen LogP contribution in [-0.2, 0) is 10.0 Å². The Kier molecular flexibility index (Phi) is 4.48. The number of sulfonamides is 1. The van der Waals surface area contributed by atoms with E-state index in [1.54, 1.807) is 0 Å². The number of halogens is 3. The molecule has 0 atom stereocenters. The molecule has 0 fully saturated rings. The molecule has 0 amide bonds. The average Bonchev–Trinajstić information content (AvgIpc) is 1.97. The second kappa shape index (κ2) is 4.76. The molecule has 0 unspecified atom stereocenters. The van der Waals surface area contributed by atoms with E-state index in [4.69, 9.17) is 0 Å². The molecular formula is C8H9ClF2NO2S. The predicted molar refractivity (Wildman–Crippen MR) is 56.5 cm³/mol. The van der Waals surface area contributed by atoms with Gasteiger partial charge in [0.1, 0.15) is 11.6 Å². The van der Waals surface area contributed by atoms with Crippen LogP contribution in [0.2, 0.25) is 0 Å². The van der Waals surface area contributed by atoms with Gasteiger partial charge in [0, 0.05) is 6.07 Å². The predicted octanol–water partition coefficient (Wildman–Crippen LogP) is 1.94. The molecule has 0 saturated heterocycles. The normalized spacial score (nSPS) is 10.7. The smallest absolute Gasteiger partial charge is 0.229 e. The van der Waals surface area contributed by atoms with Gasteiger partial charge in [-0.15, -0.1) is 12.4 Å². The van der Waals surface area contributed by atoms with Crippen molar-refractivity contribution in [3.8, 4) is 0 Å². The third kappa shape index (κ3) is 4.01. The highest BCUT2D eigenvalue weighted by Gasteiger charge is 2.10. The fourth-order valence-electron chi connectivity index (χ4n) is 0.866. The van der Waals surface area contributed by atoms with Gasteiger partial charge in [-0.25, -0.2) is 17.2 Å². The van der Waals surface area contributed by atoms with Gasteiger partial charge in [-0.3, -0.25) is 4.72 Å². The highest BCUT2D eigenvalue weighted by atomic mass is 35.5. The standard InChI is InChI=1S/C8H8F2NO2S.ClH/c1-5-3-7(10)8(4-6(5)9)11-14(2,12)13;/h3-4,11H,1H2,2H3;1H. The highest BCUT2D eigenvalue weighted by Crippen LogP contribution is 2.19. The first kappa shape index (κ1) is 14.1. The Balaban J connectivity index is 0.00000196. The zero-order valence-electron chi connectivity index (χ0n) is 7.75. The third-order valence-corrected chi connectivity index (χ3v) is 2.02. The Hall–Kier alpha value is -0.880. The molecule has 1 aromatic carbocycles. The van der Waals surface area contributed by atoms with Crippen molar-refractivity contribution in [3.63, 3.8) is 0 Å². The van der Waals surface area contributed by atoms with E-state index in [2.05, 4.69) is 6.92 Å². The molecule has 0 bridgehead atoms. The Morgan fingerprint density at radius 2 is 1.80 bits per heavy atom. The van der Waals surface area contributed by atoms with Crippen molar-refractivity contribution >= 4 is 28.1 Å². The molecule has 1 aromatic rings. The van der Waals surface area contributed by atoms with Crippen molar-refractivity contribution in [1.29, 1.82) is 0 Å². The van der Waals surface area contributed by atoms with Crippen LogP contribution in [0, 0.1) is 18.6 Å². The quantitative estimate of drug-likeness (QED) is 0.879. The fourth-order valence-corrected chi connectivity index (χ4v) is 1.42. The number of rotatable bonds is 2. The summed E-state index contributed by atoms with van der Waals surface area (Å²) in [5.41, 5.74) is -0.543. The summed E-state index contributed by atoms with van der Waals surface area (Å²) < 4.78 is 49.2. The maximum atomic E-state index is 13.0. The molecule has 1 rings (SSSR count).